The third-order valence-corrected chi connectivity index (χ3v) is 4.81. The van der Waals surface area contributed by atoms with Gasteiger partial charge in [0.25, 0.3) is 5.91 Å². The number of carbonyl (C=O) groups is 2. The number of nitrogens with one attached hydrogen (secondary N) is 2. The minimum absolute atomic E-state index is 0.0661. The van der Waals surface area contributed by atoms with Gasteiger partial charge in [0.15, 0.2) is 0 Å². The van der Waals surface area contributed by atoms with Crippen LogP contribution in [0.3, 0.4) is 0 Å². The predicted octanol–water partition coefficient (Wildman–Crippen LogP) is 3.32. The Morgan fingerprint density at radius 3 is 2.34 bits per heavy atom. The van der Waals surface area contributed by atoms with Gasteiger partial charge in [0.1, 0.15) is 11.9 Å². The molecule has 29 heavy (non-hydrogen) atoms. The second kappa shape index (κ2) is 8.82. The lowest BCUT2D eigenvalue weighted by Crippen LogP contribution is -2.49. The number of para-hydroxylation sites is 1. The van der Waals surface area contributed by atoms with E-state index in [-0.39, 0.29) is 24.3 Å². The van der Waals surface area contributed by atoms with E-state index in [1.165, 1.54) is 0 Å². The molecule has 2 N–H and O–H groups in total. The first kappa shape index (κ1) is 20.5. The largest absolute Gasteiger partial charge is 0.347 e. The maximum Gasteiger partial charge on any atom is 0.251 e. The van der Waals surface area contributed by atoms with Crippen LogP contribution in [0.1, 0.15) is 41.3 Å². The van der Waals surface area contributed by atoms with E-state index in [0.717, 1.165) is 22.2 Å². The summed E-state index contributed by atoms with van der Waals surface area (Å²) in [6.07, 6.45) is 0. The van der Waals surface area contributed by atoms with E-state index in [1.807, 2.05) is 64.1 Å². The van der Waals surface area contributed by atoms with Gasteiger partial charge in [-0.25, -0.2) is 9.97 Å². The molecule has 0 saturated heterocycles. The van der Waals surface area contributed by atoms with Crippen molar-refractivity contribution >= 4 is 22.7 Å². The highest BCUT2D eigenvalue weighted by Crippen LogP contribution is 2.14. The Morgan fingerprint density at radius 1 is 0.966 bits per heavy atom. The molecule has 0 spiro atoms. The number of benzene rings is 2. The summed E-state index contributed by atoms with van der Waals surface area (Å²) >= 11 is 0. The number of amides is 2. The Labute approximate surface area is 170 Å². The molecular formula is C23H26N4O2. The van der Waals surface area contributed by atoms with Gasteiger partial charge in [0.2, 0.25) is 5.91 Å². The molecule has 0 saturated carbocycles. The molecule has 150 valence electrons. The summed E-state index contributed by atoms with van der Waals surface area (Å²) < 4.78 is 0. The van der Waals surface area contributed by atoms with Crippen LogP contribution in [0.25, 0.3) is 10.9 Å². The zero-order valence-electron chi connectivity index (χ0n) is 17.2. The van der Waals surface area contributed by atoms with Gasteiger partial charge in [0.05, 0.1) is 12.1 Å². The lowest BCUT2D eigenvalue weighted by molar-refractivity contribution is -0.124. The van der Waals surface area contributed by atoms with Gasteiger partial charge in [-0.15, -0.1) is 0 Å². The Hall–Kier alpha value is -3.28. The molecule has 1 heterocycles. The summed E-state index contributed by atoms with van der Waals surface area (Å²) in [4.78, 5) is 34.3. The third kappa shape index (κ3) is 4.96. The third-order valence-electron chi connectivity index (χ3n) is 4.81. The summed E-state index contributed by atoms with van der Waals surface area (Å²) in [6.45, 7) is 7.89. The molecule has 6 heteroatoms. The smallest absolute Gasteiger partial charge is 0.251 e. The van der Waals surface area contributed by atoms with Gasteiger partial charge in [-0.05, 0) is 38.0 Å². The van der Waals surface area contributed by atoms with Crippen LogP contribution in [0, 0.1) is 19.8 Å². The van der Waals surface area contributed by atoms with E-state index in [0.29, 0.717) is 11.4 Å². The molecule has 1 aromatic heterocycles. The molecule has 0 bridgehead atoms. The summed E-state index contributed by atoms with van der Waals surface area (Å²) in [6, 6.07) is 14.4. The SMILES string of the molecule is Cc1ccc(C(=O)NC(C(=O)NCc2nc(C)c3ccccc3n2)C(C)C)cc1. The molecule has 0 aliphatic carbocycles. The molecule has 0 aliphatic heterocycles. The number of hydrogen-bond acceptors (Lipinski definition) is 4. The van der Waals surface area contributed by atoms with Crippen LogP contribution in [-0.4, -0.2) is 27.8 Å². The van der Waals surface area contributed by atoms with Crippen LogP contribution in [0.2, 0.25) is 0 Å². The molecule has 0 radical (unpaired) electrons. The quantitative estimate of drug-likeness (QED) is 0.676. The average molecular weight is 390 g/mol. The van der Waals surface area contributed by atoms with Crippen molar-refractivity contribution < 1.29 is 9.59 Å². The fourth-order valence-electron chi connectivity index (χ4n) is 3.11. The van der Waals surface area contributed by atoms with Crippen LogP contribution in [0.15, 0.2) is 48.5 Å². The normalized spacial score (nSPS) is 12.0. The molecule has 6 nitrogen and oxygen atoms in total. The number of aromatic nitrogens is 2. The van der Waals surface area contributed by atoms with E-state index >= 15 is 0 Å². The molecule has 0 fully saturated rings. The topological polar surface area (TPSA) is 84.0 Å². The van der Waals surface area contributed by atoms with Gasteiger partial charge >= 0.3 is 0 Å². The number of carbonyl (C=O) groups excluding carboxylic acids is 2. The molecule has 3 aromatic rings. The number of aryl methyl sites for hydroxylation is 2. The van der Waals surface area contributed by atoms with Crippen LogP contribution < -0.4 is 10.6 Å². The number of hydrogen-bond donors (Lipinski definition) is 2. The Bertz CT molecular complexity index is 1030. The average Bonchev–Trinajstić information content (AvgIpc) is 2.70. The van der Waals surface area contributed by atoms with Gasteiger partial charge in [0, 0.05) is 16.6 Å². The first-order valence-electron chi connectivity index (χ1n) is 9.72. The van der Waals surface area contributed by atoms with Crippen molar-refractivity contribution in [2.45, 2.75) is 40.3 Å². The highest BCUT2D eigenvalue weighted by Gasteiger charge is 2.24. The Balaban J connectivity index is 1.68. The highest BCUT2D eigenvalue weighted by atomic mass is 16.2. The van der Waals surface area contributed by atoms with E-state index < -0.39 is 6.04 Å². The van der Waals surface area contributed by atoms with Gasteiger partial charge in [-0.1, -0.05) is 49.7 Å². The molecule has 1 unspecified atom stereocenters. The molecule has 2 aromatic carbocycles. The van der Waals surface area contributed by atoms with Crippen molar-refractivity contribution in [1.82, 2.24) is 20.6 Å². The van der Waals surface area contributed by atoms with E-state index in [9.17, 15) is 9.59 Å². The summed E-state index contributed by atoms with van der Waals surface area (Å²) in [5, 5.41) is 6.69. The van der Waals surface area contributed by atoms with Crippen LogP contribution in [0.4, 0.5) is 0 Å². The van der Waals surface area contributed by atoms with Crippen molar-refractivity contribution in [3.8, 4) is 0 Å². The van der Waals surface area contributed by atoms with E-state index in [4.69, 9.17) is 0 Å². The van der Waals surface area contributed by atoms with Gasteiger partial charge in [-0.2, -0.15) is 0 Å². The minimum atomic E-state index is -0.648. The fourth-order valence-corrected chi connectivity index (χ4v) is 3.11. The number of rotatable bonds is 6. The van der Waals surface area contributed by atoms with E-state index in [1.54, 1.807) is 12.1 Å². The van der Waals surface area contributed by atoms with E-state index in [2.05, 4.69) is 20.6 Å². The Kier molecular flexibility index (Phi) is 6.22. The van der Waals surface area contributed by atoms with Gasteiger partial charge < -0.3 is 10.6 Å². The fraction of sp³-hybridized carbons (Fsp3) is 0.304. The second-order valence-corrected chi connectivity index (χ2v) is 7.52. The molecular weight excluding hydrogens is 364 g/mol. The zero-order valence-corrected chi connectivity index (χ0v) is 17.2. The first-order chi connectivity index (χ1) is 13.8. The maximum absolute atomic E-state index is 12.7. The first-order valence-corrected chi connectivity index (χ1v) is 9.72. The number of nitrogens with zero attached hydrogens (tertiary/aromatic N) is 2. The van der Waals surface area contributed by atoms with Crippen LogP contribution >= 0.6 is 0 Å². The summed E-state index contributed by atoms with van der Waals surface area (Å²) in [5.74, 6) is -0.0444. The maximum atomic E-state index is 12.7. The minimum Gasteiger partial charge on any atom is -0.347 e. The van der Waals surface area contributed by atoms with Crippen LogP contribution in [-0.2, 0) is 11.3 Å². The van der Waals surface area contributed by atoms with Crippen LogP contribution in [0.5, 0.6) is 0 Å². The van der Waals surface area contributed by atoms with Crippen molar-refractivity contribution in [2.75, 3.05) is 0 Å². The zero-order chi connectivity index (χ0) is 21.0. The summed E-state index contributed by atoms with van der Waals surface area (Å²) in [5.41, 5.74) is 3.32. The lowest BCUT2D eigenvalue weighted by atomic mass is 10.0. The van der Waals surface area contributed by atoms with Crippen molar-refractivity contribution in [2.24, 2.45) is 5.92 Å². The van der Waals surface area contributed by atoms with Gasteiger partial charge in [-0.3, -0.25) is 9.59 Å². The second-order valence-electron chi connectivity index (χ2n) is 7.52. The van der Waals surface area contributed by atoms with Crippen molar-refractivity contribution in [3.63, 3.8) is 0 Å². The highest BCUT2D eigenvalue weighted by molar-refractivity contribution is 5.97. The molecule has 0 aliphatic rings. The lowest BCUT2D eigenvalue weighted by Gasteiger charge is -2.21. The van der Waals surface area contributed by atoms with Crippen molar-refractivity contribution in [1.29, 1.82) is 0 Å². The number of fused-ring (bicyclic) bond motifs is 1. The predicted molar refractivity (Wildman–Crippen MR) is 113 cm³/mol. The molecule has 2 amide bonds. The molecule has 1 atom stereocenters. The van der Waals surface area contributed by atoms with Crippen molar-refractivity contribution in [3.05, 3.63) is 71.2 Å². The standard InChI is InChI=1S/C23H26N4O2/c1-14(2)21(27-22(28)17-11-9-15(3)10-12-17)23(29)24-13-20-25-16(4)18-7-5-6-8-19(18)26-20/h5-12,14,21H,13H2,1-4H3,(H,24,29)(H,27,28). The monoisotopic (exact) mass is 390 g/mol. The Morgan fingerprint density at radius 2 is 1.66 bits per heavy atom. The summed E-state index contributed by atoms with van der Waals surface area (Å²) in [7, 11) is 0. The molecule has 3 rings (SSSR count).